The Labute approximate surface area is 110 Å². The number of pyridine rings is 1. The van der Waals surface area contributed by atoms with Crippen molar-refractivity contribution in [2.75, 3.05) is 20.1 Å². The first kappa shape index (κ1) is 12.7. The number of nitrogens with zero attached hydrogens (tertiary/aromatic N) is 2. The second kappa shape index (κ2) is 5.74. The van der Waals surface area contributed by atoms with E-state index >= 15 is 0 Å². The predicted octanol–water partition coefficient (Wildman–Crippen LogP) is 2.30. The summed E-state index contributed by atoms with van der Waals surface area (Å²) in [5, 5.41) is 0. The summed E-state index contributed by atoms with van der Waals surface area (Å²) < 4.78 is 0.936. The highest BCUT2D eigenvalue weighted by Crippen LogP contribution is 2.19. The third-order valence-electron chi connectivity index (χ3n) is 3.31. The highest BCUT2D eigenvalue weighted by molar-refractivity contribution is 9.10. The molecule has 3 nitrogen and oxygen atoms in total. The van der Waals surface area contributed by atoms with Crippen LogP contribution in [0, 0.1) is 5.92 Å². The Bertz CT molecular complexity index is 400. The number of piperidine rings is 1. The summed E-state index contributed by atoms with van der Waals surface area (Å²) in [6.07, 6.45) is 6.02. The van der Waals surface area contributed by atoms with Crippen LogP contribution >= 0.6 is 15.9 Å². The van der Waals surface area contributed by atoms with Gasteiger partial charge in [0.05, 0.1) is 0 Å². The van der Waals surface area contributed by atoms with Crippen molar-refractivity contribution in [2.24, 2.45) is 5.92 Å². The first-order chi connectivity index (χ1) is 8.15. The monoisotopic (exact) mass is 296 g/mol. The highest BCUT2D eigenvalue weighted by atomic mass is 79.9. The van der Waals surface area contributed by atoms with E-state index < -0.39 is 0 Å². The predicted molar refractivity (Wildman–Crippen MR) is 70.9 cm³/mol. The fraction of sp³-hybridized carbons (Fsp3) is 0.538. The molecular weight excluding hydrogens is 280 g/mol. The first-order valence-electron chi connectivity index (χ1n) is 5.96. The van der Waals surface area contributed by atoms with Crippen molar-refractivity contribution in [1.82, 2.24) is 9.88 Å². The fourth-order valence-corrected chi connectivity index (χ4v) is 2.64. The number of halogens is 1. The zero-order valence-electron chi connectivity index (χ0n) is 10.0. The van der Waals surface area contributed by atoms with E-state index in [1.165, 1.54) is 0 Å². The van der Waals surface area contributed by atoms with Gasteiger partial charge in [-0.05, 0) is 60.5 Å². The van der Waals surface area contributed by atoms with Crippen molar-refractivity contribution >= 4 is 21.7 Å². The second-order valence-electron chi connectivity index (χ2n) is 4.73. The van der Waals surface area contributed by atoms with Crippen molar-refractivity contribution in [3.8, 4) is 0 Å². The van der Waals surface area contributed by atoms with E-state index in [4.69, 9.17) is 0 Å². The maximum absolute atomic E-state index is 12.1. The van der Waals surface area contributed by atoms with Gasteiger partial charge in [-0.1, -0.05) is 0 Å². The van der Waals surface area contributed by atoms with Crippen LogP contribution in [0.15, 0.2) is 22.9 Å². The highest BCUT2D eigenvalue weighted by Gasteiger charge is 2.23. The van der Waals surface area contributed by atoms with E-state index in [1.807, 2.05) is 6.07 Å². The van der Waals surface area contributed by atoms with Crippen LogP contribution in [0.4, 0.5) is 0 Å². The average Bonchev–Trinajstić information content (AvgIpc) is 2.29. The molecule has 0 amide bonds. The van der Waals surface area contributed by atoms with Crippen LogP contribution in [-0.2, 0) is 11.2 Å². The quantitative estimate of drug-likeness (QED) is 0.858. The van der Waals surface area contributed by atoms with Gasteiger partial charge in [0, 0.05) is 29.2 Å². The minimum absolute atomic E-state index is 0.241. The molecule has 0 N–H and O–H groups in total. The van der Waals surface area contributed by atoms with Gasteiger partial charge in [0.1, 0.15) is 5.78 Å². The molecule has 1 aromatic heterocycles. The molecule has 0 aromatic carbocycles. The van der Waals surface area contributed by atoms with Crippen molar-refractivity contribution in [3.05, 3.63) is 28.5 Å². The minimum Gasteiger partial charge on any atom is -0.306 e. The topological polar surface area (TPSA) is 33.2 Å². The number of carbonyl (C=O) groups excluding carboxylic acids is 1. The van der Waals surface area contributed by atoms with Crippen LogP contribution in [0.5, 0.6) is 0 Å². The summed E-state index contributed by atoms with van der Waals surface area (Å²) in [6, 6.07) is 1.97. The van der Waals surface area contributed by atoms with E-state index in [0.29, 0.717) is 12.2 Å². The number of Topliss-reactive ketones (excluding diaryl/α,β-unsaturated/α-hetero) is 1. The van der Waals surface area contributed by atoms with Crippen LogP contribution in [-0.4, -0.2) is 35.8 Å². The van der Waals surface area contributed by atoms with Crippen molar-refractivity contribution in [2.45, 2.75) is 19.3 Å². The Morgan fingerprint density at radius 2 is 2.18 bits per heavy atom. The molecule has 0 saturated carbocycles. The number of carbonyl (C=O) groups is 1. The molecule has 2 heterocycles. The first-order valence-corrected chi connectivity index (χ1v) is 6.75. The third-order valence-corrected chi connectivity index (χ3v) is 3.75. The Morgan fingerprint density at radius 3 is 2.82 bits per heavy atom. The summed E-state index contributed by atoms with van der Waals surface area (Å²) in [6.45, 7) is 2.07. The lowest BCUT2D eigenvalue weighted by atomic mass is 9.90. The maximum atomic E-state index is 12.1. The standard InChI is InChI=1S/C13H17BrN2O/c1-16-4-2-11(3-5-16)13(17)7-10-6-12(14)9-15-8-10/h6,8-9,11H,2-5,7H2,1H3. The average molecular weight is 297 g/mol. The molecule has 1 aliphatic heterocycles. The van der Waals surface area contributed by atoms with E-state index in [1.54, 1.807) is 12.4 Å². The maximum Gasteiger partial charge on any atom is 0.140 e. The van der Waals surface area contributed by atoms with Crippen molar-refractivity contribution in [3.63, 3.8) is 0 Å². The SMILES string of the molecule is CN1CCC(C(=O)Cc2cncc(Br)c2)CC1. The minimum atomic E-state index is 0.241. The summed E-state index contributed by atoms with van der Waals surface area (Å²) in [5.74, 6) is 0.600. The van der Waals surface area contributed by atoms with E-state index in [9.17, 15) is 4.79 Å². The molecular formula is C13H17BrN2O. The Kier molecular flexibility index (Phi) is 4.29. The Balaban J connectivity index is 1.93. The third kappa shape index (κ3) is 3.61. The molecule has 0 unspecified atom stereocenters. The van der Waals surface area contributed by atoms with Crippen LogP contribution < -0.4 is 0 Å². The normalized spacial score (nSPS) is 18.2. The number of aromatic nitrogens is 1. The lowest BCUT2D eigenvalue weighted by Crippen LogP contribution is -2.34. The van der Waals surface area contributed by atoms with Gasteiger partial charge in [-0.2, -0.15) is 0 Å². The van der Waals surface area contributed by atoms with E-state index in [-0.39, 0.29) is 5.92 Å². The smallest absolute Gasteiger partial charge is 0.140 e. The number of hydrogen-bond donors (Lipinski definition) is 0. The van der Waals surface area contributed by atoms with Gasteiger partial charge in [-0.3, -0.25) is 9.78 Å². The van der Waals surface area contributed by atoms with Crippen LogP contribution in [0.2, 0.25) is 0 Å². The van der Waals surface area contributed by atoms with Crippen LogP contribution in [0.3, 0.4) is 0 Å². The lowest BCUT2D eigenvalue weighted by molar-refractivity contribution is -0.123. The van der Waals surface area contributed by atoms with Crippen LogP contribution in [0.1, 0.15) is 18.4 Å². The number of ketones is 1. The summed E-state index contributed by atoms with van der Waals surface area (Å²) in [4.78, 5) is 18.5. The number of hydrogen-bond acceptors (Lipinski definition) is 3. The molecule has 17 heavy (non-hydrogen) atoms. The van der Waals surface area contributed by atoms with Gasteiger partial charge in [-0.15, -0.1) is 0 Å². The molecule has 0 radical (unpaired) electrons. The summed E-state index contributed by atoms with van der Waals surface area (Å²) >= 11 is 3.38. The van der Waals surface area contributed by atoms with Crippen molar-refractivity contribution < 1.29 is 4.79 Å². The fourth-order valence-electron chi connectivity index (χ4n) is 2.23. The van der Waals surface area contributed by atoms with Gasteiger partial charge < -0.3 is 4.90 Å². The molecule has 0 atom stereocenters. The molecule has 1 aliphatic rings. The number of rotatable bonds is 3. The van der Waals surface area contributed by atoms with Crippen LogP contribution in [0.25, 0.3) is 0 Å². The largest absolute Gasteiger partial charge is 0.306 e. The number of likely N-dealkylation sites (tertiary alicyclic amines) is 1. The van der Waals surface area contributed by atoms with E-state index in [0.717, 1.165) is 36.0 Å². The van der Waals surface area contributed by atoms with Crippen molar-refractivity contribution in [1.29, 1.82) is 0 Å². The van der Waals surface area contributed by atoms with Gasteiger partial charge in [-0.25, -0.2) is 0 Å². The van der Waals surface area contributed by atoms with Gasteiger partial charge >= 0.3 is 0 Å². The van der Waals surface area contributed by atoms with Gasteiger partial charge in [0.2, 0.25) is 0 Å². The zero-order valence-corrected chi connectivity index (χ0v) is 11.6. The molecule has 1 aromatic rings. The zero-order chi connectivity index (χ0) is 12.3. The Hall–Kier alpha value is -0.740. The molecule has 0 aliphatic carbocycles. The van der Waals surface area contributed by atoms with Gasteiger partial charge in [0.15, 0.2) is 0 Å². The Morgan fingerprint density at radius 1 is 1.47 bits per heavy atom. The second-order valence-corrected chi connectivity index (χ2v) is 5.65. The van der Waals surface area contributed by atoms with E-state index in [2.05, 4.69) is 32.9 Å². The molecule has 4 heteroatoms. The summed E-state index contributed by atoms with van der Waals surface area (Å²) in [5.41, 5.74) is 1.00. The summed E-state index contributed by atoms with van der Waals surface area (Å²) in [7, 11) is 2.11. The lowest BCUT2D eigenvalue weighted by Gasteiger charge is -2.27. The molecule has 2 rings (SSSR count). The van der Waals surface area contributed by atoms with Gasteiger partial charge in [0.25, 0.3) is 0 Å². The molecule has 1 saturated heterocycles. The molecule has 92 valence electrons. The molecule has 1 fully saturated rings. The molecule has 0 bridgehead atoms. The molecule has 0 spiro atoms.